The molecule has 6 heteroatoms. The maximum Gasteiger partial charge on any atom is 0.318 e. The number of nitrogens with one attached hydrogen (secondary N) is 2. The van der Waals surface area contributed by atoms with E-state index in [1.165, 1.54) is 0 Å². The molecule has 0 radical (unpaired) electrons. The highest BCUT2D eigenvalue weighted by Gasteiger charge is 2.12. The number of aromatic nitrogens is 1. The molecule has 3 amide bonds. The van der Waals surface area contributed by atoms with E-state index >= 15 is 0 Å². The first-order chi connectivity index (χ1) is 8.09. The van der Waals surface area contributed by atoms with Crippen LogP contribution >= 0.6 is 0 Å². The van der Waals surface area contributed by atoms with Crippen molar-refractivity contribution in [2.24, 2.45) is 5.73 Å². The Morgan fingerprint density at radius 1 is 1.53 bits per heavy atom. The highest BCUT2D eigenvalue weighted by molar-refractivity contribution is 5.96. The second-order valence-corrected chi connectivity index (χ2v) is 3.64. The number of pyridine rings is 1. The van der Waals surface area contributed by atoms with Gasteiger partial charge in [-0.25, -0.2) is 4.79 Å². The summed E-state index contributed by atoms with van der Waals surface area (Å²) in [7, 11) is 0. The fourth-order valence-electron chi connectivity index (χ4n) is 1.30. The Labute approximate surface area is 99.6 Å². The van der Waals surface area contributed by atoms with E-state index < -0.39 is 18.0 Å². The van der Waals surface area contributed by atoms with E-state index in [0.717, 1.165) is 12.0 Å². The van der Waals surface area contributed by atoms with Gasteiger partial charge in [0.15, 0.2) is 0 Å². The summed E-state index contributed by atoms with van der Waals surface area (Å²) in [5, 5.41) is 5.00. The monoisotopic (exact) mass is 236 g/mol. The number of carbonyl (C=O) groups excluding carboxylic acids is 2. The van der Waals surface area contributed by atoms with Crippen LogP contribution in [0.5, 0.6) is 0 Å². The molecule has 4 N–H and O–H groups in total. The third-order valence-corrected chi connectivity index (χ3v) is 2.23. The van der Waals surface area contributed by atoms with E-state index in [0.29, 0.717) is 6.54 Å². The van der Waals surface area contributed by atoms with Crippen molar-refractivity contribution in [3.05, 3.63) is 30.1 Å². The van der Waals surface area contributed by atoms with Gasteiger partial charge in [0, 0.05) is 12.4 Å². The standard InChI is InChI=1S/C11H16N4O2/c1-8(10(16)15-11(12)17)14-6-4-9-3-2-5-13-7-9/h2-3,5,7-8,14H,4,6H2,1H3,(H3,12,15,16,17). The van der Waals surface area contributed by atoms with Gasteiger partial charge in [0.25, 0.3) is 0 Å². The Morgan fingerprint density at radius 2 is 2.29 bits per heavy atom. The maximum absolute atomic E-state index is 11.3. The molecular weight excluding hydrogens is 220 g/mol. The second kappa shape index (κ2) is 6.59. The number of urea groups is 1. The summed E-state index contributed by atoms with van der Waals surface area (Å²) < 4.78 is 0. The van der Waals surface area contributed by atoms with Gasteiger partial charge < -0.3 is 11.1 Å². The van der Waals surface area contributed by atoms with Crippen molar-refractivity contribution in [1.29, 1.82) is 0 Å². The van der Waals surface area contributed by atoms with E-state index in [1.54, 1.807) is 19.3 Å². The highest BCUT2D eigenvalue weighted by atomic mass is 16.2. The van der Waals surface area contributed by atoms with Gasteiger partial charge in [0.05, 0.1) is 6.04 Å². The number of nitrogens with zero attached hydrogens (tertiary/aromatic N) is 1. The summed E-state index contributed by atoms with van der Waals surface area (Å²) in [5.74, 6) is -0.427. The molecule has 0 bridgehead atoms. The fourth-order valence-corrected chi connectivity index (χ4v) is 1.30. The van der Waals surface area contributed by atoms with Gasteiger partial charge in [-0.05, 0) is 31.5 Å². The van der Waals surface area contributed by atoms with Crippen LogP contribution in [0.2, 0.25) is 0 Å². The molecule has 1 unspecified atom stereocenters. The third kappa shape index (κ3) is 5.07. The predicted molar refractivity (Wildman–Crippen MR) is 63.1 cm³/mol. The maximum atomic E-state index is 11.3. The first kappa shape index (κ1) is 13.1. The lowest BCUT2D eigenvalue weighted by molar-refractivity contribution is -0.121. The van der Waals surface area contributed by atoms with Gasteiger partial charge >= 0.3 is 6.03 Å². The molecule has 1 heterocycles. The van der Waals surface area contributed by atoms with Gasteiger partial charge in [-0.2, -0.15) is 0 Å². The largest absolute Gasteiger partial charge is 0.351 e. The molecule has 0 saturated heterocycles. The number of amides is 3. The number of rotatable bonds is 5. The second-order valence-electron chi connectivity index (χ2n) is 3.64. The van der Waals surface area contributed by atoms with Gasteiger partial charge in [-0.15, -0.1) is 0 Å². The van der Waals surface area contributed by atoms with Crippen LogP contribution in [0.25, 0.3) is 0 Å². The van der Waals surface area contributed by atoms with E-state index in [4.69, 9.17) is 5.73 Å². The molecule has 0 aliphatic heterocycles. The number of hydrogen-bond acceptors (Lipinski definition) is 4. The minimum absolute atomic E-state index is 0.427. The number of primary amides is 1. The zero-order chi connectivity index (χ0) is 12.7. The Bertz CT molecular complexity index is 380. The Kier molecular flexibility index (Phi) is 5.09. The summed E-state index contributed by atoms with van der Waals surface area (Å²) in [5.41, 5.74) is 5.93. The van der Waals surface area contributed by atoms with Gasteiger partial charge in [0.1, 0.15) is 0 Å². The minimum atomic E-state index is -0.837. The fraction of sp³-hybridized carbons (Fsp3) is 0.364. The third-order valence-electron chi connectivity index (χ3n) is 2.23. The summed E-state index contributed by atoms with van der Waals surface area (Å²) in [4.78, 5) is 25.8. The topological polar surface area (TPSA) is 97.1 Å². The number of hydrogen-bond donors (Lipinski definition) is 3. The minimum Gasteiger partial charge on any atom is -0.351 e. The van der Waals surface area contributed by atoms with Gasteiger partial charge in [0.2, 0.25) is 5.91 Å². The molecule has 0 fully saturated rings. The molecular formula is C11H16N4O2. The number of imide groups is 1. The Hall–Kier alpha value is -1.95. The molecule has 1 rings (SSSR count). The van der Waals surface area contributed by atoms with Crippen LogP contribution in [-0.2, 0) is 11.2 Å². The normalized spacial score (nSPS) is 11.8. The smallest absolute Gasteiger partial charge is 0.318 e. The molecule has 0 aromatic carbocycles. The molecule has 0 aliphatic rings. The molecule has 6 nitrogen and oxygen atoms in total. The van der Waals surface area contributed by atoms with Crippen LogP contribution in [0.1, 0.15) is 12.5 Å². The van der Waals surface area contributed by atoms with Crippen molar-refractivity contribution >= 4 is 11.9 Å². The van der Waals surface area contributed by atoms with Crippen LogP contribution in [0.3, 0.4) is 0 Å². The average Bonchev–Trinajstić information content (AvgIpc) is 2.29. The van der Waals surface area contributed by atoms with Crippen molar-refractivity contribution in [2.45, 2.75) is 19.4 Å². The summed E-state index contributed by atoms with van der Waals surface area (Å²) in [6.45, 7) is 2.29. The molecule has 0 saturated carbocycles. The summed E-state index contributed by atoms with van der Waals surface area (Å²) in [6.07, 6.45) is 4.25. The van der Waals surface area contributed by atoms with Crippen molar-refractivity contribution in [3.63, 3.8) is 0 Å². The van der Waals surface area contributed by atoms with Crippen LogP contribution in [0.15, 0.2) is 24.5 Å². The lowest BCUT2D eigenvalue weighted by Crippen LogP contribution is -2.46. The molecule has 1 aromatic rings. The first-order valence-corrected chi connectivity index (χ1v) is 5.32. The summed E-state index contributed by atoms with van der Waals surface area (Å²) >= 11 is 0. The molecule has 92 valence electrons. The molecule has 0 aliphatic carbocycles. The SMILES string of the molecule is CC(NCCc1cccnc1)C(=O)NC(N)=O. The van der Waals surface area contributed by atoms with Crippen LogP contribution in [-0.4, -0.2) is 29.5 Å². The van der Waals surface area contributed by atoms with Crippen molar-refractivity contribution in [3.8, 4) is 0 Å². The lowest BCUT2D eigenvalue weighted by atomic mass is 10.2. The van der Waals surface area contributed by atoms with Crippen LogP contribution < -0.4 is 16.4 Å². The quantitative estimate of drug-likeness (QED) is 0.659. The van der Waals surface area contributed by atoms with E-state index in [-0.39, 0.29) is 0 Å². The molecule has 1 aromatic heterocycles. The van der Waals surface area contributed by atoms with Crippen LogP contribution in [0, 0.1) is 0 Å². The zero-order valence-corrected chi connectivity index (χ0v) is 9.64. The van der Waals surface area contributed by atoms with E-state index in [1.807, 2.05) is 17.4 Å². The number of carbonyl (C=O) groups is 2. The Morgan fingerprint density at radius 3 is 2.88 bits per heavy atom. The van der Waals surface area contributed by atoms with Crippen molar-refractivity contribution < 1.29 is 9.59 Å². The highest BCUT2D eigenvalue weighted by Crippen LogP contribution is 1.95. The van der Waals surface area contributed by atoms with Crippen molar-refractivity contribution in [2.75, 3.05) is 6.54 Å². The molecule has 0 spiro atoms. The van der Waals surface area contributed by atoms with Crippen LogP contribution in [0.4, 0.5) is 4.79 Å². The van der Waals surface area contributed by atoms with E-state index in [9.17, 15) is 9.59 Å². The van der Waals surface area contributed by atoms with Gasteiger partial charge in [-0.1, -0.05) is 6.07 Å². The average molecular weight is 236 g/mol. The summed E-state index contributed by atoms with van der Waals surface area (Å²) in [6, 6.07) is 2.52. The molecule has 1 atom stereocenters. The first-order valence-electron chi connectivity index (χ1n) is 5.32. The van der Waals surface area contributed by atoms with Crippen molar-refractivity contribution in [1.82, 2.24) is 15.6 Å². The molecule has 17 heavy (non-hydrogen) atoms. The number of nitrogens with two attached hydrogens (primary N) is 1. The predicted octanol–water partition coefficient (Wildman–Crippen LogP) is -0.203. The zero-order valence-electron chi connectivity index (χ0n) is 9.64. The van der Waals surface area contributed by atoms with E-state index in [2.05, 4.69) is 10.3 Å². The lowest BCUT2D eigenvalue weighted by Gasteiger charge is -2.12. The Balaban J connectivity index is 2.27. The van der Waals surface area contributed by atoms with Gasteiger partial charge in [-0.3, -0.25) is 15.1 Å².